The van der Waals surface area contributed by atoms with Gasteiger partial charge in [-0.15, -0.1) is 0 Å². The van der Waals surface area contributed by atoms with Crippen LogP contribution in [0.15, 0.2) is 30.5 Å². The van der Waals surface area contributed by atoms with E-state index < -0.39 is 0 Å². The maximum atomic E-state index is 11.8. The zero-order chi connectivity index (χ0) is 12.5. The fraction of sp³-hybridized carbons (Fsp3) is 0.357. The molecule has 3 rings (SSSR count). The summed E-state index contributed by atoms with van der Waals surface area (Å²) in [6, 6.07) is 8.32. The summed E-state index contributed by atoms with van der Waals surface area (Å²) in [5.41, 5.74) is 7.93. The third kappa shape index (κ3) is 1.99. The highest BCUT2D eigenvalue weighted by Crippen LogP contribution is 2.21. The predicted octanol–water partition coefficient (Wildman–Crippen LogP) is 1.48. The molecule has 1 saturated heterocycles. The Hall–Kier alpha value is -1.81. The number of aromatic nitrogens is 1. The third-order valence-electron chi connectivity index (χ3n) is 3.62. The van der Waals surface area contributed by atoms with Gasteiger partial charge in [0.2, 0.25) is 5.91 Å². The molecule has 0 aliphatic carbocycles. The maximum Gasteiger partial charge on any atom is 0.223 e. The molecule has 18 heavy (non-hydrogen) atoms. The highest BCUT2D eigenvalue weighted by Gasteiger charge is 2.28. The number of aromatic amines is 1. The number of nitrogens with two attached hydrogens (primary N) is 1. The van der Waals surface area contributed by atoms with Gasteiger partial charge in [0.25, 0.3) is 0 Å². The van der Waals surface area contributed by atoms with Crippen molar-refractivity contribution in [2.24, 2.45) is 11.7 Å². The quantitative estimate of drug-likeness (QED) is 0.857. The molecule has 0 radical (unpaired) electrons. The summed E-state index contributed by atoms with van der Waals surface area (Å²) in [5, 5.41) is 1.19. The van der Waals surface area contributed by atoms with E-state index in [-0.39, 0.29) is 5.91 Å². The molecule has 1 unspecified atom stereocenters. The number of carbonyl (C=O) groups excluding carboxylic acids is 1. The smallest absolute Gasteiger partial charge is 0.223 e. The van der Waals surface area contributed by atoms with Crippen LogP contribution in [0.1, 0.15) is 12.0 Å². The van der Waals surface area contributed by atoms with Crippen LogP contribution in [0, 0.1) is 5.92 Å². The number of fused-ring (bicyclic) bond motifs is 1. The Morgan fingerprint density at radius 3 is 3.06 bits per heavy atom. The van der Waals surface area contributed by atoms with Crippen molar-refractivity contribution in [3.63, 3.8) is 0 Å². The van der Waals surface area contributed by atoms with Crippen molar-refractivity contribution in [2.75, 3.05) is 13.1 Å². The first kappa shape index (κ1) is 11.3. The van der Waals surface area contributed by atoms with Crippen LogP contribution in [0.5, 0.6) is 0 Å². The number of hydrogen-bond donors (Lipinski definition) is 2. The van der Waals surface area contributed by atoms with Gasteiger partial charge in [-0.3, -0.25) is 4.79 Å². The van der Waals surface area contributed by atoms with Crippen LogP contribution < -0.4 is 5.73 Å². The number of likely N-dealkylation sites (tertiary alicyclic amines) is 1. The van der Waals surface area contributed by atoms with Crippen LogP contribution in [0.2, 0.25) is 0 Å². The molecule has 4 heteroatoms. The molecule has 1 aromatic carbocycles. The Morgan fingerprint density at radius 1 is 1.39 bits per heavy atom. The van der Waals surface area contributed by atoms with E-state index in [1.807, 2.05) is 17.2 Å². The van der Waals surface area contributed by atoms with E-state index in [1.54, 1.807) is 0 Å². The number of hydrogen-bond acceptors (Lipinski definition) is 2. The van der Waals surface area contributed by atoms with E-state index in [1.165, 1.54) is 10.9 Å². The lowest BCUT2D eigenvalue weighted by Crippen LogP contribution is -2.25. The summed E-state index contributed by atoms with van der Waals surface area (Å²) < 4.78 is 0. The summed E-state index contributed by atoms with van der Waals surface area (Å²) in [5.74, 6) is 0.549. The molecule has 1 aromatic heterocycles. The normalized spacial score (nSPS) is 19.9. The monoisotopic (exact) mass is 243 g/mol. The van der Waals surface area contributed by atoms with Crippen LogP contribution in [0.25, 0.3) is 10.9 Å². The number of H-pyrrole nitrogens is 1. The molecule has 1 fully saturated rings. The first-order valence-electron chi connectivity index (χ1n) is 6.30. The average molecular weight is 243 g/mol. The van der Waals surface area contributed by atoms with Crippen molar-refractivity contribution < 1.29 is 4.79 Å². The Kier molecular flexibility index (Phi) is 2.80. The summed E-state index contributed by atoms with van der Waals surface area (Å²) >= 11 is 0. The van der Waals surface area contributed by atoms with E-state index >= 15 is 0 Å². The van der Waals surface area contributed by atoms with E-state index in [2.05, 4.69) is 23.2 Å². The Balaban J connectivity index is 1.77. The van der Waals surface area contributed by atoms with Gasteiger partial charge in [-0.25, -0.2) is 0 Å². The standard InChI is InChI=1S/C14H17N3O/c15-7-11-6-14(18)17(9-11)8-10-1-2-13-12(5-10)3-4-16-13/h1-5,11,16H,6-9,15H2. The highest BCUT2D eigenvalue weighted by atomic mass is 16.2. The number of carbonyl (C=O) groups is 1. The van der Waals surface area contributed by atoms with Crippen molar-refractivity contribution in [1.82, 2.24) is 9.88 Å². The number of amides is 1. The van der Waals surface area contributed by atoms with Crippen LogP contribution in [-0.4, -0.2) is 28.9 Å². The average Bonchev–Trinajstić information content (AvgIpc) is 2.96. The predicted molar refractivity (Wildman–Crippen MR) is 70.9 cm³/mol. The topological polar surface area (TPSA) is 62.1 Å². The van der Waals surface area contributed by atoms with E-state index in [0.29, 0.717) is 25.4 Å². The van der Waals surface area contributed by atoms with Gasteiger partial charge in [-0.05, 0) is 41.6 Å². The number of rotatable bonds is 3. The molecule has 3 N–H and O–H groups in total. The molecular weight excluding hydrogens is 226 g/mol. The largest absolute Gasteiger partial charge is 0.361 e. The van der Waals surface area contributed by atoms with E-state index in [4.69, 9.17) is 5.73 Å². The molecule has 1 aliphatic heterocycles. The lowest BCUT2D eigenvalue weighted by atomic mass is 10.1. The molecule has 1 amide bonds. The fourth-order valence-electron chi connectivity index (χ4n) is 2.59. The first-order valence-corrected chi connectivity index (χ1v) is 6.30. The van der Waals surface area contributed by atoms with Crippen LogP contribution in [0.3, 0.4) is 0 Å². The van der Waals surface area contributed by atoms with Gasteiger partial charge < -0.3 is 15.6 Å². The fourth-order valence-corrected chi connectivity index (χ4v) is 2.59. The minimum Gasteiger partial charge on any atom is -0.361 e. The van der Waals surface area contributed by atoms with Crippen molar-refractivity contribution in [1.29, 1.82) is 0 Å². The molecule has 4 nitrogen and oxygen atoms in total. The Morgan fingerprint density at radius 2 is 2.28 bits per heavy atom. The minimum absolute atomic E-state index is 0.222. The van der Waals surface area contributed by atoms with E-state index in [9.17, 15) is 4.79 Å². The van der Waals surface area contributed by atoms with Gasteiger partial charge in [0.05, 0.1) is 0 Å². The maximum absolute atomic E-state index is 11.8. The number of benzene rings is 1. The highest BCUT2D eigenvalue weighted by molar-refractivity contribution is 5.81. The van der Waals surface area contributed by atoms with Gasteiger partial charge in [0.1, 0.15) is 0 Å². The summed E-state index contributed by atoms with van der Waals surface area (Å²) in [7, 11) is 0. The lowest BCUT2D eigenvalue weighted by molar-refractivity contribution is -0.128. The molecular formula is C14H17N3O. The van der Waals surface area contributed by atoms with Crippen molar-refractivity contribution in [3.8, 4) is 0 Å². The molecule has 2 aromatic rings. The van der Waals surface area contributed by atoms with Crippen LogP contribution >= 0.6 is 0 Å². The second kappa shape index (κ2) is 4.46. The Bertz CT molecular complexity index is 575. The van der Waals surface area contributed by atoms with Crippen molar-refractivity contribution in [3.05, 3.63) is 36.0 Å². The zero-order valence-corrected chi connectivity index (χ0v) is 10.2. The molecule has 0 bridgehead atoms. The van der Waals surface area contributed by atoms with E-state index in [0.717, 1.165) is 12.1 Å². The van der Waals surface area contributed by atoms with Gasteiger partial charge in [0.15, 0.2) is 0 Å². The van der Waals surface area contributed by atoms with Gasteiger partial charge in [0, 0.05) is 31.2 Å². The van der Waals surface area contributed by atoms with Crippen molar-refractivity contribution >= 4 is 16.8 Å². The summed E-state index contributed by atoms with van der Waals surface area (Å²) in [6.45, 7) is 2.08. The first-order chi connectivity index (χ1) is 8.76. The summed E-state index contributed by atoms with van der Waals surface area (Å²) in [6.07, 6.45) is 2.53. The van der Waals surface area contributed by atoms with Crippen LogP contribution in [-0.2, 0) is 11.3 Å². The SMILES string of the molecule is NCC1CC(=O)N(Cc2ccc3[nH]ccc3c2)C1. The molecule has 1 aliphatic rings. The second-order valence-corrected chi connectivity index (χ2v) is 4.98. The number of nitrogens with one attached hydrogen (secondary N) is 1. The van der Waals surface area contributed by atoms with Gasteiger partial charge in [-0.2, -0.15) is 0 Å². The molecule has 0 spiro atoms. The van der Waals surface area contributed by atoms with Crippen molar-refractivity contribution in [2.45, 2.75) is 13.0 Å². The molecule has 0 saturated carbocycles. The minimum atomic E-state index is 0.222. The second-order valence-electron chi connectivity index (χ2n) is 4.98. The Labute approximate surface area is 106 Å². The zero-order valence-electron chi connectivity index (χ0n) is 10.2. The summed E-state index contributed by atoms with van der Waals surface area (Å²) in [4.78, 5) is 16.9. The third-order valence-corrected chi connectivity index (χ3v) is 3.62. The molecule has 94 valence electrons. The molecule has 1 atom stereocenters. The van der Waals surface area contributed by atoms with Gasteiger partial charge in [-0.1, -0.05) is 6.07 Å². The lowest BCUT2D eigenvalue weighted by Gasteiger charge is -2.16. The van der Waals surface area contributed by atoms with Gasteiger partial charge >= 0.3 is 0 Å². The van der Waals surface area contributed by atoms with Crippen LogP contribution in [0.4, 0.5) is 0 Å². The number of nitrogens with zero attached hydrogens (tertiary/aromatic N) is 1. The molecule has 2 heterocycles.